The Morgan fingerprint density at radius 3 is 2.54 bits per heavy atom. The van der Waals surface area contributed by atoms with Crippen LogP contribution in [0.4, 0.5) is 22.1 Å². The fourth-order valence-corrected chi connectivity index (χ4v) is 2.81. The number of nitrogens with zero attached hydrogens (tertiary/aromatic N) is 3. The molecule has 0 bridgehead atoms. The summed E-state index contributed by atoms with van der Waals surface area (Å²) in [5.74, 6) is 1.37. The predicted octanol–water partition coefficient (Wildman–Crippen LogP) is 3.73. The van der Waals surface area contributed by atoms with Crippen LogP contribution in [0.15, 0.2) is 30.6 Å². The Morgan fingerprint density at radius 1 is 1.00 bits per heavy atom. The first-order chi connectivity index (χ1) is 11.6. The molecule has 1 aliphatic heterocycles. The Bertz CT molecular complexity index is 725. The van der Waals surface area contributed by atoms with E-state index in [0.717, 1.165) is 30.2 Å². The monoisotopic (exact) mass is 325 g/mol. The molecule has 0 atom stereocenters. The van der Waals surface area contributed by atoms with Gasteiger partial charge in [0.05, 0.1) is 0 Å². The maximum absolute atomic E-state index is 12.2. The number of urea groups is 1. The van der Waals surface area contributed by atoms with Gasteiger partial charge in [-0.1, -0.05) is 6.07 Å². The zero-order valence-electron chi connectivity index (χ0n) is 14.2. The highest BCUT2D eigenvalue weighted by atomic mass is 16.2. The van der Waals surface area contributed by atoms with Gasteiger partial charge in [-0.2, -0.15) is 0 Å². The highest BCUT2D eigenvalue weighted by Crippen LogP contribution is 2.19. The molecule has 1 saturated heterocycles. The largest absolute Gasteiger partial charge is 0.356 e. The third kappa shape index (κ3) is 4.01. The van der Waals surface area contributed by atoms with Crippen LogP contribution >= 0.6 is 0 Å². The SMILES string of the molecule is Cc1ccc(NC(=O)Nc2cc(N3CCCCC3)ncn2)cc1C. The van der Waals surface area contributed by atoms with Gasteiger partial charge in [-0.3, -0.25) is 5.32 Å². The molecule has 0 aliphatic carbocycles. The summed E-state index contributed by atoms with van der Waals surface area (Å²) in [7, 11) is 0. The molecule has 0 radical (unpaired) electrons. The highest BCUT2D eigenvalue weighted by Gasteiger charge is 2.13. The standard InChI is InChI=1S/C18H23N5O/c1-13-6-7-15(10-14(13)2)21-18(24)22-16-11-17(20-12-19-16)23-8-4-3-5-9-23/h6-7,10-12H,3-5,8-9H2,1-2H3,(H2,19,20,21,22,24). The van der Waals surface area contributed by atoms with Crippen LogP contribution in [0.1, 0.15) is 30.4 Å². The van der Waals surface area contributed by atoms with E-state index in [2.05, 4.69) is 25.5 Å². The molecule has 2 heterocycles. The Labute approximate surface area is 142 Å². The second kappa shape index (κ2) is 7.29. The molecule has 1 aliphatic rings. The number of aryl methyl sites for hydroxylation is 2. The van der Waals surface area contributed by atoms with Gasteiger partial charge >= 0.3 is 6.03 Å². The number of rotatable bonds is 3. The predicted molar refractivity (Wildman–Crippen MR) is 96.7 cm³/mol. The van der Waals surface area contributed by atoms with Crippen molar-refractivity contribution in [3.05, 3.63) is 41.7 Å². The van der Waals surface area contributed by atoms with Gasteiger partial charge in [0.2, 0.25) is 0 Å². The summed E-state index contributed by atoms with van der Waals surface area (Å²) < 4.78 is 0. The molecule has 1 aromatic heterocycles. The number of carbonyl (C=O) groups is 1. The van der Waals surface area contributed by atoms with Crippen LogP contribution in [-0.4, -0.2) is 29.1 Å². The second-order valence-corrected chi connectivity index (χ2v) is 6.19. The fraction of sp³-hybridized carbons (Fsp3) is 0.389. The molecule has 1 aromatic carbocycles. The van der Waals surface area contributed by atoms with E-state index in [1.165, 1.54) is 31.2 Å². The maximum atomic E-state index is 12.2. The van der Waals surface area contributed by atoms with Crippen LogP contribution in [0.2, 0.25) is 0 Å². The van der Waals surface area contributed by atoms with Crippen LogP contribution in [0, 0.1) is 13.8 Å². The lowest BCUT2D eigenvalue weighted by atomic mass is 10.1. The van der Waals surface area contributed by atoms with E-state index < -0.39 is 0 Å². The number of nitrogens with one attached hydrogen (secondary N) is 2. The zero-order chi connectivity index (χ0) is 16.9. The quantitative estimate of drug-likeness (QED) is 0.902. The molecule has 126 valence electrons. The molecule has 1 fully saturated rings. The number of hydrogen-bond donors (Lipinski definition) is 2. The lowest BCUT2D eigenvalue weighted by Crippen LogP contribution is -2.30. The number of hydrogen-bond acceptors (Lipinski definition) is 4. The summed E-state index contributed by atoms with van der Waals surface area (Å²) in [6.45, 7) is 6.08. The summed E-state index contributed by atoms with van der Waals surface area (Å²) in [6, 6.07) is 7.35. The molecule has 6 nitrogen and oxygen atoms in total. The molecule has 6 heteroatoms. The first-order valence-corrected chi connectivity index (χ1v) is 8.34. The average Bonchev–Trinajstić information content (AvgIpc) is 2.59. The van der Waals surface area contributed by atoms with Crippen LogP contribution in [0.3, 0.4) is 0 Å². The number of carbonyl (C=O) groups excluding carboxylic acids is 1. The van der Waals surface area contributed by atoms with E-state index >= 15 is 0 Å². The number of amides is 2. The van der Waals surface area contributed by atoms with Gasteiger partial charge in [0.1, 0.15) is 18.0 Å². The molecule has 0 spiro atoms. The first-order valence-electron chi connectivity index (χ1n) is 8.34. The van der Waals surface area contributed by atoms with Gasteiger partial charge in [-0.25, -0.2) is 14.8 Å². The number of piperidine rings is 1. The van der Waals surface area contributed by atoms with E-state index in [0.29, 0.717) is 5.82 Å². The molecule has 2 aromatic rings. The maximum Gasteiger partial charge on any atom is 0.324 e. The van der Waals surface area contributed by atoms with Gasteiger partial charge in [-0.15, -0.1) is 0 Å². The molecule has 2 amide bonds. The third-order valence-electron chi connectivity index (χ3n) is 4.34. The molecule has 0 unspecified atom stereocenters. The normalized spacial score (nSPS) is 14.3. The van der Waals surface area contributed by atoms with E-state index in [1.54, 1.807) is 0 Å². The second-order valence-electron chi connectivity index (χ2n) is 6.19. The third-order valence-corrected chi connectivity index (χ3v) is 4.34. The van der Waals surface area contributed by atoms with E-state index in [9.17, 15) is 4.79 Å². The Kier molecular flexibility index (Phi) is 4.93. The summed E-state index contributed by atoms with van der Waals surface area (Å²) in [5, 5.41) is 5.61. The Balaban J connectivity index is 1.64. The van der Waals surface area contributed by atoms with Gasteiger partial charge in [0.25, 0.3) is 0 Å². The Morgan fingerprint density at radius 2 is 1.79 bits per heavy atom. The molecule has 2 N–H and O–H groups in total. The number of aromatic nitrogens is 2. The van der Waals surface area contributed by atoms with Gasteiger partial charge < -0.3 is 10.2 Å². The van der Waals surface area contributed by atoms with Gasteiger partial charge in [0.15, 0.2) is 0 Å². The summed E-state index contributed by atoms with van der Waals surface area (Å²) >= 11 is 0. The number of anilines is 3. The highest BCUT2D eigenvalue weighted by molar-refractivity contribution is 5.99. The lowest BCUT2D eigenvalue weighted by molar-refractivity contribution is 0.262. The first kappa shape index (κ1) is 16.2. The van der Waals surface area contributed by atoms with Crippen molar-refractivity contribution in [2.45, 2.75) is 33.1 Å². The topological polar surface area (TPSA) is 70.2 Å². The zero-order valence-corrected chi connectivity index (χ0v) is 14.2. The average molecular weight is 325 g/mol. The minimum absolute atomic E-state index is 0.304. The smallest absolute Gasteiger partial charge is 0.324 e. The van der Waals surface area contributed by atoms with Crippen LogP contribution in [0.25, 0.3) is 0 Å². The summed E-state index contributed by atoms with van der Waals surface area (Å²) in [5.41, 5.74) is 3.10. The Hall–Kier alpha value is -2.63. The number of benzene rings is 1. The van der Waals surface area contributed by atoms with Crippen molar-refractivity contribution in [1.29, 1.82) is 0 Å². The lowest BCUT2D eigenvalue weighted by Gasteiger charge is -2.27. The molecule has 24 heavy (non-hydrogen) atoms. The van der Waals surface area contributed by atoms with Crippen molar-refractivity contribution in [3.63, 3.8) is 0 Å². The molecular weight excluding hydrogens is 302 g/mol. The molecular formula is C18H23N5O. The fourth-order valence-electron chi connectivity index (χ4n) is 2.81. The van der Waals surface area contributed by atoms with Crippen LogP contribution in [-0.2, 0) is 0 Å². The summed E-state index contributed by atoms with van der Waals surface area (Å²) in [4.78, 5) is 22.9. The minimum atomic E-state index is -0.304. The van der Waals surface area contributed by atoms with Crippen molar-refractivity contribution >= 4 is 23.4 Å². The van der Waals surface area contributed by atoms with Crippen molar-refractivity contribution in [3.8, 4) is 0 Å². The van der Waals surface area contributed by atoms with Gasteiger partial charge in [0, 0.05) is 24.8 Å². The summed E-state index contributed by atoms with van der Waals surface area (Å²) in [6.07, 6.45) is 5.13. The van der Waals surface area contributed by atoms with E-state index in [4.69, 9.17) is 0 Å². The van der Waals surface area contributed by atoms with Crippen LogP contribution in [0.5, 0.6) is 0 Å². The van der Waals surface area contributed by atoms with Crippen molar-refractivity contribution in [2.24, 2.45) is 0 Å². The van der Waals surface area contributed by atoms with Crippen molar-refractivity contribution in [1.82, 2.24) is 9.97 Å². The minimum Gasteiger partial charge on any atom is -0.356 e. The van der Waals surface area contributed by atoms with Crippen molar-refractivity contribution < 1.29 is 4.79 Å². The van der Waals surface area contributed by atoms with E-state index in [1.807, 2.05) is 38.1 Å². The van der Waals surface area contributed by atoms with Crippen LogP contribution < -0.4 is 15.5 Å². The molecule has 3 rings (SSSR count). The van der Waals surface area contributed by atoms with Gasteiger partial charge in [-0.05, 0) is 56.4 Å². The molecule has 0 saturated carbocycles. The van der Waals surface area contributed by atoms with Crippen molar-refractivity contribution in [2.75, 3.05) is 28.6 Å². The van der Waals surface area contributed by atoms with E-state index in [-0.39, 0.29) is 6.03 Å².